The van der Waals surface area contributed by atoms with Crippen molar-refractivity contribution < 1.29 is 14.3 Å². The van der Waals surface area contributed by atoms with Gasteiger partial charge in [0.2, 0.25) is 0 Å². The number of nitrogens with zero attached hydrogens (tertiary/aromatic N) is 1. The molecule has 158 valence electrons. The smallest absolute Gasteiger partial charge is 0.257 e. The minimum atomic E-state index is -0.521. The average Bonchev–Trinajstić information content (AvgIpc) is 2.70. The quantitative estimate of drug-likeness (QED) is 0.567. The molecule has 1 aliphatic carbocycles. The van der Waals surface area contributed by atoms with E-state index < -0.39 is 5.92 Å². The molecular weight excluding hydrogens is 402 g/mol. The predicted molar refractivity (Wildman–Crippen MR) is 117 cm³/mol. The summed E-state index contributed by atoms with van der Waals surface area (Å²) >= 11 is 1.37. The lowest BCUT2D eigenvalue weighted by atomic mass is 9.69. The molecule has 1 aliphatic heterocycles. The van der Waals surface area contributed by atoms with Crippen LogP contribution >= 0.6 is 11.8 Å². The Labute approximate surface area is 179 Å². The molecule has 0 spiro atoms. The average molecular weight is 428 g/mol. The number of ether oxygens (including phenoxy) is 2. The van der Waals surface area contributed by atoms with E-state index in [0.717, 1.165) is 11.3 Å². The topological polar surface area (TPSA) is 93.3 Å². The van der Waals surface area contributed by atoms with Crippen LogP contribution in [-0.2, 0) is 4.79 Å². The summed E-state index contributed by atoms with van der Waals surface area (Å²) in [6.07, 6.45) is 3.00. The lowest BCUT2D eigenvalue weighted by Gasteiger charge is -2.38. The van der Waals surface area contributed by atoms with Gasteiger partial charge in [-0.3, -0.25) is 9.59 Å². The van der Waals surface area contributed by atoms with E-state index in [1.807, 2.05) is 18.4 Å². The number of nitrogens with one attached hydrogen (secondary N) is 2. The van der Waals surface area contributed by atoms with Crippen LogP contribution in [0.3, 0.4) is 0 Å². The minimum absolute atomic E-state index is 0.0486. The van der Waals surface area contributed by atoms with Crippen LogP contribution in [0.25, 0.3) is 0 Å². The highest BCUT2D eigenvalue weighted by atomic mass is 32.2. The van der Waals surface area contributed by atoms with Gasteiger partial charge in [0.1, 0.15) is 5.82 Å². The van der Waals surface area contributed by atoms with Crippen molar-refractivity contribution in [2.24, 2.45) is 5.41 Å². The second-order valence-electron chi connectivity index (χ2n) is 8.34. The van der Waals surface area contributed by atoms with Crippen molar-refractivity contribution in [3.8, 4) is 11.5 Å². The van der Waals surface area contributed by atoms with Gasteiger partial charge in [-0.05, 0) is 35.8 Å². The van der Waals surface area contributed by atoms with Gasteiger partial charge in [-0.25, -0.2) is 4.98 Å². The summed E-state index contributed by atoms with van der Waals surface area (Å²) < 4.78 is 10.8. The highest BCUT2D eigenvalue weighted by Gasteiger charge is 2.42. The Bertz CT molecular complexity index is 1120. The maximum atomic E-state index is 13.3. The van der Waals surface area contributed by atoms with Gasteiger partial charge in [-0.1, -0.05) is 31.7 Å². The molecule has 1 aromatic carbocycles. The van der Waals surface area contributed by atoms with Gasteiger partial charge in [-0.2, -0.15) is 0 Å². The fourth-order valence-corrected chi connectivity index (χ4v) is 4.73. The number of hydrogen-bond donors (Lipinski definition) is 2. The van der Waals surface area contributed by atoms with Crippen LogP contribution in [0, 0.1) is 5.41 Å². The molecule has 4 rings (SSSR count). The molecule has 7 nitrogen and oxygen atoms in total. The van der Waals surface area contributed by atoms with Crippen LogP contribution < -0.4 is 20.3 Å². The molecule has 0 saturated heterocycles. The number of methoxy groups -OCH3 is 2. The molecule has 0 fully saturated rings. The van der Waals surface area contributed by atoms with E-state index in [-0.39, 0.29) is 16.8 Å². The molecule has 1 atom stereocenters. The number of hydrogen-bond acceptors (Lipinski definition) is 7. The van der Waals surface area contributed by atoms with Gasteiger partial charge in [0.25, 0.3) is 5.56 Å². The number of allylic oxidation sites excluding steroid dienone is 2. The van der Waals surface area contributed by atoms with E-state index in [4.69, 9.17) is 9.47 Å². The number of benzene rings is 1. The van der Waals surface area contributed by atoms with E-state index in [0.29, 0.717) is 46.5 Å². The number of thioether (sulfide) groups is 1. The molecule has 2 aliphatic rings. The monoisotopic (exact) mass is 427 g/mol. The Morgan fingerprint density at radius 2 is 1.87 bits per heavy atom. The third-order valence-electron chi connectivity index (χ3n) is 5.63. The number of carbonyl (C=O) groups excluding carboxylic acids is 1. The van der Waals surface area contributed by atoms with Gasteiger partial charge in [-0.15, -0.1) is 0 Å². The van der Waals surface area contributed by atoms with E-state index in [1.165, 1.54) is 11.8 Å². The molecule has 0 radical (unpaired) electrons. The molecule has 8 heteroatoms. The molecule has 2 aromatic rings. The summed E-state index contributed by atoms with van der Waals surface area (Å²) in [7, 11) is 3.14. The first-order valence-corrected chi connectivity index (χ1v) is 10.9. The minimum Gasteiger partial charge on any atom is -0.493 e. The number of anilines is 1. The highest BCUT2D eigenvalue weighted by molar-refractivity contribution is 7.98. The van der Waals surface area contributed by atoms with Gasteiger partial charge in [0.05, 0.1) is 19.8 Å². The Kier molecular flexibility index (Phi) is 5.13. The van der Waals surface area contributed by atoms with Crippen LogP contribution in [0.15, 0.2) is 39.4 Å². The summed E-state index contributed by atoms with van der Waals surface area (Å²) in [6.45, 7) is 4.16. The van der Waals surface area contributed by atoms with Gasteiger partial charge >= 0.3 is 0 Å². The summed E-state index contributed by atoms with van der Waals surface area (Å²) in [6, 6.07) is 5.50. The summed E-state index contributed by atoms with van der Waals surface area (Å²) in [5.74, 6) is 1.17. The van der Waals surface area contributed by atoms with Gasteiger partial charge in [0, 0.05) is 23.6 Å². The second-order valence-corrected chi connectivity index (χ2v) is 9.14. The molecule has 30 heavy (non-hydrogen) atoms. The molecule has 2 heterocycles. The van der Waals surface area contributed by atoms with Gasteiger partial charge in [0.15, 0.2) is 22.4 Å². The molecule has 0 amide bonds. The first-order valence-electron chi connectivity index (χ1n) is 9.71. The SMILES string of the molecule is COc1ccc([C@H]2C3=C(CC(C)(C)CC3=O)Nc3nc(SC)[nH]c(=O)c32)cc1OC. The molecular formula is C22H25N3O4S. The van der Waals surface area contributed by atoms with E-state index in [2.05, 4.69) is 29.1 Å². The van der Waals surface area contributed by atoms with Crippen molar-refractivity contribution in [1.82, 2.24) is 9.97 Å². The lowest BCUT2D eigenvalue weighted by molar-refractivity contribution is -0.118. The van der Waals surface area contributed by atoms with Crippen molar-refractivity contribution in [2.75, 3.05) is 25.8 Å². The third-order valence-corrected chi connectivity index (χ3v) is 6.21. The first kappa shape index (κ1) is 20.5. The number of aromatic amines is 1. The Morgan fingerprint density at radius 1 is 1.13 bits per heavy atom. The zero-order valence-corrected chi connectivity index (χ0v) is 18.5. The summed E-state index contributed by atoms with van der Waals surface area (Å²) in [5.41, 5.74) is 2.31. The Morgan fingerprint density at radius 3 is 2.53 bits per heavy atom. The number of fused-ring (bicyclic) bond motifs is 1. The fraction of sp³-hybridized carbons (Fsp3) is 0.409. The van der Waals surface area contributed by atoms with Crippen molar-refractivity contribution in [3.63, 3.8) is 0 Å². The van der Waals surface area contributed by atoms with Crippen molar-refractivity contribution in [1.29, 1.82) is 0 Å². The van der Waals surface area contributed by atoms with Crippen LogP contribution in [0.1, 0.15) is 43.7 Å². The largest absolute Gasteiger partial charge is 0.493 e. The number of carbonyl (C=O) groups is 1. The normalized spacial score (nSPS) is 19.6. The zero-order chi connectivity index (χ0) is 21.6. The molecule has 0 saturated carbocycles. The van der Waals surface area contributed by atoms with Crippen molar-refractivity contribution in [3.05, 3.63) is 50.9 Å². The summed E-state index contributed by atoms with van der Waals surface area (Å²) in [5, 5.41) is 3.84. The molecule has 0 unspecified atom stereocenters. The zero-order valence-electron chi connectivity index (χ0n) is 17.7. The number of ketones is 1. The number of aromatic nitrogens is 2. The lowest BCUT2D eigenvalue weighted by Crippen LogP contribution is -2.37. The van der Waals surface area contributed by atoms with Crippen LogP contribution in [0.4, 0.5) is 5.82 Å². The number of Topliss-reactive ketones (excluding diaryl/α,β-unsaturated/α-hetero) is 1. The highest BCUT2D eigenvalue weighted by Crippen LogP contribution is 2.48. The second kappa shape index (κ2) is 7.50. The molecule has 2 N–H and O–H groups in total. The number of rotatable bonds is 4. The maximum Gasteiger partial charge on any atom is 0.257 e. The fourth-order valence-electron chi connectivity index (χ4n) is 4.36. The van der Waals surface area contributed by atoms with Gasteiger partial charge < -0.3 is 19.8 Å². The van der Waals surface area contributed by atoms with Crippen LogP contribution in [-0.4, -0.2) is 36.2 Å². The van der Waals surface area contributed by atoms with Crippen LogP contribution in [0.2, 0.25) is 0 Å². The van der Waals surface area contributed by atoms with E-state index in [9.17, 15) is 9.59 Å². The van der Waals surface area contributed by atoms with E-state index >= 15 is 0 Å². The molecule has 1 aromatic heterocycles. The number of H-pyrrole nitrogens is 1. The first-order chi connectivity index (χ1) is 14.3. The van der Waals surface area contributed by atoms with E-state index in [1.54, 1.807) is 20.3 Å². The van der Waals surface area contributed by atoms with Crippen molar-refractivity contribution in [2.45, 2.75) is 37.8 Å². The Balaban J connectivity index is 1.98. The summed E-state index contributed by atoms with van der Waals surface area (Å²) in [4.78, 5) is 33.8. The predicted octanol–water partition coefficient (Wildman–Crippen LogP) is 3.71. The van der Waals surface area contributed by atoms with Crippen molar-refractivity contribution >= 4 is 23.4 Å². The molecule has 0 bridgehead atoms. The standard InChI is InChI=1S/C22H25N3O4S/c1-22(2)9-12-17(13(26)10-22)16(11-6-7-14(28-3)15(8-11)29-4)18-19(23-12)24-21(30-5)25-20(18)27/h6-8,16H,9-10H2,1-5H3,(H2,23,24,25,27)/t16-/m0/s1. The Hall–Kier alpha value is -2.74. The third kappa shape index (κ3) is 3.39. The maximum absolute atomic E-state index is 13.3. The van der Waals surface area contributed by atoms with Crippen LogP contribution in [0.5, 0.6) is 11.5 Å².